The summed E-state index contributed by atoms with van der Waals surface area (Å²) in [5, 5.41) is 9.38. The second-order valence-electron chi connectivity index (χ2n) is 9.31. The number of benzene rings is 3. The monoisotopic (exact) mass is 610 g/mol. The number of carbonyl (C=O) groups excluding carboxylic acids is 3. The van der Waals surface area contributed by atoms with E-state index in [1.54, 1.807) is 32.2 Å². The van der Waals surface area contributed by atoms with Gasteiger partial charge in [-0.1, -0.05) is 35.4 Å². The molecule has 0 saturated heterocycles. The first-order valence-corrected chi connectivity index (χ1v) is 13.8. The van der Waals surface area contributed by atoms with Crippen molar-refractivity contribution in [2.75, 3.05) is 39.3 Å². The fraction of sp³-hybridized carbons (Fsp3) is 0.290. The predicted octanol–water partition coefficient (Wildman–Crippen LogP) is 4.20. The fourth-order valence-electron chi connectivity index (χ4n) is 4.00. The average molecular weight is 611 g/mol. The van der Waals surface area contributed by atoms with E-state index in [9.17, 15) is 14.4 Å². The van der Waals surface area contributed by atoms with Crippen LogP contribution in [-0.4, -0.2) is 57.9 Å². The van der Waals surface area contributed by atoms with Crippen LogP contribution in [0.25, 0.3) is 0 Å². The van der Waals surface area contributed by atoms with E-state index in [-0.39, 0.29) is 35.6 Å². The number of methoxy groups -OCH3 is 2. The molecule has 3 rings (SSSR count). The lowest BCUT2D eigenvalue weighted by atomic mass is 10.1. The molecule has 0 saturated carbocycles. The van der Waals surface area contributed by atoms with Crippen LogP contribution in [0.15, 0.2) is 53.6 Å². The van der Waals surface area contributed by atoms with Gasteiger partial charge in [-0.2, -0.15) is 5.10 Å². The van der Waals surface area contributed by atoms with E-state index >= 15 is 0 Å². The van der Waals surface area contributed by atoms with Crippen molar-refractivity contribution in [2.24, 2.45) is 5.10 Å². The third-order valence-electron chi connectivity index (χ3n) is 6.07. The molecule has 228 valence electrons. The molecule has 0 aromatic heterocycles. The van der Waals surface area contributed by atoms with Crippen molar-refractivity contribution >= 4 is 41.2 Å². The molecule has 0 spiro atoms. The van der Waals surface area contributed by atoms with Crippen molar-refractivity contribution in [1.82, 2.24) is 10.7 Å². The Morgan fingerprint density at radius 3 is 2.37 bits per heavy atom. The van der Waals surface area contributed by atoms with Gasteiger partial charge in [0.25, 0.3) is 5.91 Å². The number of hydrazone groups is 1. The predicted molar refractivity (Wildman–Crippen MR) is 165 cm³/mol. The smallest absolute Gasteiger partial charge is 0.329 e. The first kappa shape index (κ1) is 32.7. The van der Waals surface area contributed by atoms with Gasteiger partial charge in [-0.25, -0.2) is 5.43 Å². The Morgan fingerprint density at radius 1 is 0.907 bits per heavy atom. The molecule has 0 heterocycles. The molecule has 43 heavy (non-hydrogen) atoms. The third kappa shape index (κ3) is 9.64. The number of anilines is 1. The summed E-state index contributed by atoms with van der Waals surface area (Å²) in [6, 6.07) is 14.2. The maximum absolute atomic E-state index is 12.5. The van der Waals surface area contributed by atoms with Gasteiger partial charge in [-0.15, -0.1) is 0 Å². The molecule has 3 N–H and O–H groups in total. The molecule has 0 aliphatic carbocycles. The van der Waals surface area contributed by atoms with E-state index in [2.05, 4.69) is 21.2 Å². The van der Waals surface area contributed by atoms with E-state index in [0.29, 0.717) is 35.8 Å². The van der Waals surface area contributed by atoms with Crippen LogP contribution in [0.3, 0.4) is 0 Å². The molecule has 0 fully saturated rings. The van der Waals surface area contributed by atoms with E-state index < -0.39 is 11.8 Å². The number of nitrogens with one attached hydrogen (secondary N) is 3. The minimum Gasteiger partial charge on any atom is -0.493 e. The van der Waals surface area contributed by atoms with Gasteiger partial charge < -0.3 is 29.6 Å². The van der Waals surface area contributed by atoms with Crippen LogP contribution in [0.1, 0.15) is 29.2 Å². The molecule has 0 aliphatic rings. The molecule has 3 aromatic rings. The average Bonchev–Trinajstić information content (AvgIpc) is 2.98. The van der Waals surface area contributed by atoms with Crippen molar-refractivity contribution in [3.63, 3.8) is 0 Å². The van der Waals surface area contributed by atoms with Crippen molar-refractivity contribution in [3.05, 3.63) is 75.8 Å². The van der Waals surface area contributed by atoms with Crippen LogP contribution in [-0.2, 0) is 20.8 Å². The normalized spacial score (nSPS) is 10.7. The first-order valence-electron chi connectivity index (χ1n) is 13.4. The standard InChI is InChI=1S/C31H35ClN4O7/c1-6-42-27-16-22(14-23(32)29(27)43-18-28(37)35-24-9-7-19(2)13-20(24)3)17-34-36-31(39)30(38)33-12-11-21-8-10-25(40-4)26(15-21)41-5/h7-10,13-17H,6,11-12,18H2,1-5H3,(H,33,38)(H,35,37)(H,36,39)/b34-17-. The number of carbonyl (C=O) groups is 3. The Morgan fingerprint density at radius 2 is 1.67 bits per heavy atom. The maximum atomic E-state index is 12.5. The minimum absolute atomic E-state index is 0.172. The Bertz CT molecular complexity index is 1490. The SMILES string of the molecule is CCOc1cc(/C=N\NC(=O)C(=O)NCCc2ccc(OC)c(OC)c2)cc(Cl)c1OCC(=O)Nc1ccc(C)cc1C. The summed E-state index contributed by atoms with van der Waals surface area (Å²) in [6.07, 6.45) is 1.78. The molecular formula is C31H35ClN4O7. The zero-order chi connectivity index (χ0) is 31.4. The highest BCUT2D eigenvalue weighted by Crippen LogP contribution is 2.36. The number of nitrogens with zero attached hydrogens (tertiary/aromatic N) is 1. The summed E-state index contributed by atoms with van der Waals surface area (Å²) < 4.78 is 21.8. The zero-order valence-corrected chi connectivity index (χ0v) is 25.5. The number of hydrogen-bond acceptors (Lipinski definition) is 8. The highest BCUT2D eigenvalue weighted by Gasteiger charge is 2.16. The number of ether oxygens (including phenoxy) is 4. The fourth-order valence-corrected chi connectivity index (χ4v) is 4.27. The Labute approximate surface area is 255 Å². The second kappa shape index (κ2) is 16.0. The molecule has 0 unspecified atom stereocenters. The van der Waals surface area contributed by atoms with Crippen LogP contribution in [0.5, 0.6) is 23.0 Å². The molecular weight excluding hydrogens is 576 g/mol. The van der Waals surface area contributed by atoms with E-state index in [1.165, 1.54) is 19.4 Å². The molecule has 12 heteroatoms. The second-order valence-corrected chi connectivity index (χ2v) is 9.72. The molecule has 0 bridgehead atoms. The zero-order valence-electron chi connectivity index (χ0n) is 24.7. The number of aryl methyl sites for hydroxylation is 2. The minimum atomic E-state index is -0.936. The molecule has 0 aliphatic heterocycles. The first-order chi connectivity index (χ1) is 20.6. The molecule has 3 amide bonds. The van der Waals surface area contributed by atoms with Crippen molar-refractivity contribution in [2.45, 2.75) is 27.2 Å². The Kier molecular flexibility index (Phi) is 12.2. The van der Waals surface area contributed by atoms with Gasteiger partial charge in [0.1, 0.15) is 0 Å². The van der Waals surface area contributed by atoms with Gasteiger partial charge in [0, 0.05) is 12.2 Å². The van der Waals surface area contributed by atoms with Gasteiger partial charge in [0.2, 0.25) is 0 Å². The van der Waals surface area contributed by atoms with Gasteiger partial charge in [-0.05, 0) is 74.2 Å². The Balaban J connectivity index is 1.54. The molecule has 0 radical (unpaired) electrons. The van der Waals surface area contributed by atoms with Crippen LogP contribution >= 0.6 is 11.6 Å². The largest absolute Gasteiger partial charge is 0.493 e. The van der Waals surface area contributed by atoms with E-state index in [0.717, 1.165) is 16.7 Å². The number of amides is 3. The van der Waals surface area contributed by atoms with Gasteiger partial charge >= 0.3 is 11.8 Å². The lowest BCUT2D eigenvalue weighted by Crippen LogP contribution is -2.38. The van der Waals surface area contributed by atoms with Crippen LogP contribution in [0.2, 0.25) is 5.02 Å². The van der Waals surface area contributed by atoms with Crippen molar-refractivity contribution in [1.29, 1.82) is 0 Å². The topological polar surface area (TPSA) is 137 Å². The van der Waals surface area contributed by atoms with Gasteiger partial charge in [0.15, 0.2) is 29.6 Å². The van der Waals surface area contributed by atoms with Crippen molar-refractivity contribution in [3.8, 4) is 23.0 Å². The van der Waals surface area contributed by atoms with Crippen LogP contribution in [0, 0.1) is 13.8 Å². The van der Waals surface area contributed by atoms with Crippen LogP contribution in [0.4, 0.5) is 5.69 Å². The summed E-state index contributed by atoms with van der Waals surface area (Å²) in [5.41, 5.74) is 6.26. The number of halogens is 1. The third-order valence-corrected chi connectivity index (χ3v) is 6.35. The number of rotatable bonds is 13. The van der Waals surface area contributed by atoms with E-state index in [1.807, 2.05) is 38.1 Å². The number of hydrogen-bond donors (Lipinski definition) is 3. The highest BCUT2D eigenvalue weighted by molar-refractivity contribution is 6.35. The summed E-state index contributed by atoms with van der Waals surface area (Å²) >= 11 is 6.43. The maximum Gasteiger partial charge on any atom is 0.329 e. The van der Waals surface area contributed by atoms with Gasteiger partial charge in [-0.3, -0.25) is 14.4 Å². The summed E-state index contributed by atoms with van der Waals surface area (Å²) in [5.74, 6) is -0.488. The van der Waals surface area contributed by atoms with Crippen molar-refractivity contribution < 1.29 is 33.3 Å². The lowest BCUT2D eigenvalue weighted by Gasteiger charge is -2.15. The highest BCUT2D eigenvalue weighted by atomic mass is 35.5. The summed E-state index contributed by atoms with van der Waals surface area (Å²) in [7, 11) is 3.09. The summed E-state index contributed by atoms with van der Waals surface area (Å²) in [4.78, 5) is 36.9. The van der Waals surface area contributed by atoms with Gasteiger partial charge in [0.05, 0.1) is 32.1 Å². The molecule has 11 nitrogen and oxygen atoms in total. The lowest BCUT2D eigenvalue weighted by molar-refractivity contribution is -0.139. The van der Waals surface area contributed by atoms with E-state index in [4.69, 9.17) is 30.5 Å². The molecule has 0 atom stereocenters. The summed E-state index contributed by atoms with van der Waals surface area (Å²) in [6.45, 7) is 5.91. The Hall–Kier alpha value is -4.77. The quantitative estimate of drug-likeness (QED) is 0.150. The molecule has 3 aromatic carbocycles. The van der Waals surface area contributed by atoms with Crippen LogP contribution < -0.4 is 35.0 Å².